The molecule has 0 rings (SSSR count). The number of unbranched alkanes of at least 4 members (excludes halogenated alkanes) is 23. The van der Waals surface area contributed by atoms with Gasteiger partial charge in [0, 0.05) is 19.3 Å². The van der Waals surface area contributed by atoms with E-state index in [2.05, 4.69) is 118 Å². The largest absolute Gasteiger partial charge is 0.462 e. The predicted octanol–water partition coefficient (Wildman–Crippen LogP) is 18.5. The average Bonchev–Trinajstić information content (AvgIpc) is 3.33. The van der Waals surface area contributed by atoms with E-state index in [-0.39, 0.29) is 37.5 Å². The van der Waals surface area contributed by atoms with Gasteiger partial charge >= 0.3 is 17.9 Å². The maximum atomic E-state index is 12.8. The van der Waals surface area contributed by atoms with Crippen LogP contribution in [-0.4, -0.2) is 37.2 Å². The monoisotopic (exact) mass is 931 g/mol. The van der Waals surface area contributed by atoms with Crippen molar-refractivity contribution in [1.29, 1.82) is 0 Å². The Bertz CT molecular complexity index is 1350. The third-order valence-electron chi connectivity index (χ3n) is 11.6. The quantitative estimate of drug-likeness (QED) is 0.0199. The van der Waals surface area contributed by atoms with Gasteiger partial charge in [-0.05, 0) is 103 Å². The van der Waals surface area contributed by atoms with Crippen LogP contribution in [0.3, 0.4) is 0 Å². The Hall–Kier alpha value is -3.67. The molecule has 0 N–H and O–H groups in total. The molecule has 0 aromatic heterocycles. The van der Waals surface area contributed by atoms with Gasteiger partial charge in [0.05, 0.1) is 0 Å². The van der Waals surface area contributed by atoms with E-state index in [0.717, 1.165) is 83.5 Å². The van der Waals surface area contributed by atoms with E-state index >= 15 is 0 Å². The first-order valence-corrected chi connectivity index (χ1v) is 27.8. The molecule has 6 nitrogen and oxygen atoms in total. The van der Waals surface area contributed by atoms with Gasteiger partial charge < -0.3 is 14.2 Å². The Morgan fingerprint density at radius 3 is 1.06 bits per heavy atom. The zero-order valence-corrected chi connectivity index (χ0v) is 43.6. The smallest absolute Gasteiger partial charge is 0.306 e. The molecule has 1 atom stereocenters. The van der Waals surface area contributed by atoms with Gasteiger partial charge in [0.25, 0.3) is 0 Å². The third kappa shape index (κ3) is 53.2. The molecule has 382 valence electrons. The molecule has 0 amide bonds. The highest BCUT2D eigenvalue weighted by Crippen LogP contribution is 2.15. The molecular formula is C61H102O6. The number of esters is 3. The van der Waals surface area contributed by atoms with E-state index in [1.807, 2.05) is 0 Å². The standard InChI is InChI=1S/C61H102O6/c1-4-7-10-13-16-19-22-24-26-28-30-32-34-36-39-42-45-48-51-54-60(63)66-57-58(56-65-59(62)53-50-47-44-41-38-21-18-15-12-9-6-3)67-61(64)55-52-49-46-43-40-37-35-33-31-29-27-25-23-20-17-14-11-8-5-2/h7,9-10,12,16-21,23-26,41,44,58H,4-6,8,11,13-15,22,27-40,42-43,45-57H2,1-3H3/b10-7-,12-9-,19-16-,20-17-,21-18-,25-23-,26-24-,44-41-. The highest BCUT2D eigenvalue weighted by atomic mass is 16.6. The first kappa shape index (κ1) is 63.3. The Kier molecular flexibility index (Phi) is 51.9. The van der Waals surface area contributed by atoms with Crippen molar-refractivity contribution < 1.29 is 28.6 Å². The molecule has 0 radical (unpaired) electrons. The fraction of sp³-hybridized carbons (Fsp3) is 0.689. The van der Waals surface area contributed by atoms with Crippen LogP contribution in [0, 0.1) is 0 Å². The Balaban J connectivity index is 4.38. The molecule has 0 aliphatic heterocycles. The number of carbonyl (C=O) groups excluding carboxylic acids is 3. The van der Waals surface area contributed by atoms with E-state index in [0.29, 0.717) is 19.3 Å². The number of hydrogen-bond acceptors (Lipinski definition) is 6. The number of rotatable bonds is 49. The van der Waals surface area contributed by atoms with Gasteiger partial charge in [-0.15, -0.1) is 0 Å². The van der Waals surface area contributed by atoms with Crippen LogP contribution in [0.5, 0.6) is 0 Å². The maximum Gasteiger partial charge on any atom is 0.306 e. The molecule has 1 unspecified atom stereocenters. The molecule has 0 aromatic carbocycles. The van der Waals surface area contributed by atoms with Crippen molar-refractivity contribution in [2.75, 3.05) is 13.2 Å². The van der Waals surface area contributed by atoms with E-state index in [1.165, 1.54) is 122 Å². The lowest BCUT2D eigenvalue weighted by molar-refractivity contribution is -0.167. The van der Waals surface area contributed by atoms with Gasteiger partial charge in [0.2, 0.25) is 0 Å². The average molecular weight is 931 g/mol. The predicted molar refractivity (Wildman–Crippen MR) is 288 cm³/mol. The zero-order valence-electron chi connectivity index (χ0n) is 43.6. The molecule has 67 heavy (non-hydrogen) atoms. The minimum absolute atomic E-state index is 0.0979. The highest BCUT2D eigenvalue weighted by Gasteiger charge is 2.19. The number of allylic oxidation sites excluding steroid dienone is 16. The normalized spacial score (nSPS) is 12.8. The molecule has 0 fully saturated rings. The van der Waals surface area contributed by atoms with Gasteiger partial charge in [-0.3, -0.25) is 14.4 Å². The summed E-state index contributed by atoms with van der Waals surface area (Å²) < 4.78 is 16.8. The van der Waals surface area contributed by atoms with Crippen molar-refractivity contribution >= 4 is 17.9 Å². The van der Waals surface area contributed by atoms with Crippen LogP contribution in [0.15, 0.2) is 97.2 Å². The van der Waals surface area contributed by atoms with Crippen molar-refractivity contribution in [1.82, 2.24) is 0 Å². The number of carbonyl (C=O) groups is 3. The molecule has 0 saturated carbocycles. The van der Waals surface area contributed by atoms with E-state index in [4.69, 9.17) is 14.2 Å². The molecule has 0 bridgehead atoms. The number of hydrogen-bond donors (Lipinski definition) is 0. The molecule has 0 saturated heterocycles. The lowest BCUT2D eigenvalue weighted by Crippen LogP contribution is -2.30. The second-order valence-electron chi connectivity index (χ2n) is 18.1. The minimum atomic E-state index is -0.802. The van der Waals surface area contributed by atoms with Gasteiger partial charge in [0.15, 0.2) is 6.10 Å². The van der Waals surface area contributed by atoms with Crippen LogP contribution in [-0.2, 0) is 28.6 Å². The number of ether oxygens (including phenoxy) is 3. The van der Waals surface area contributed by atoms with E-state index in [9.17, 15) is 14.4 Å². The van der Waals surface area contributed by atoms with Crippen LogP contribution >= 0.6 is 0 Å². The molecule has 0 aliphatic carbocycles. The SMILES string of the molecule is CC/C=C\C/C=C\C/C=C\CCCCCCCCCCCC(=O)OCC(COC(=O)CCC/C=C\C/C=C\C/C=C\CC)OC(=O)CCCCCCCCCCCC/C=C\C=C/CCCCC. The first-order chi connectivity index (χ1) is 33.0. The summed E-state index contributed by atoms with van der Waals surface area (Å²) in [5.41, 5.74) is 0. The van der Waals surface area contributed by atoms with Crippen LogP contribution in [0.25, 0.3) is 0 Å². The second kappa shape index (κ2) is 54.9. The van der Waals surface area contributed by atoms with Crippen molar-refractivity contribution in [2.24, 2.45) is 0 Å². The lowest BCUT2D eigenvalue weighted by Gasteiger charge is -2.18. The summed E-state index contributed by atoms with van der Waals surface area (Å²) >= 11 is 0. The van der Waals surface area contributed by atoms with Gasteiger partial charge in [0.1, 0.15) is 13.2 Å². The molecule has 0 spiro atoms. The van der Waals surface area contributed by atoms with E-state index < -0.39 is 6.10 Å². The van der Waals surface area contributed by atoms with Crippen molar-refractivity contribution in [3.8, 4) is 0 Å². The van der Waals surface area contributed by atoms with Crippen LogP contribution in [0.1, 0.15) is 252 Å². The molecule has 0 heterocycles. The Morgan fingerprint density at radius 2 is 0.642 bits per heavy atom. The minimum Gasteiger partial charge on any atom is -0.462 e. The summed E-state index contributed by atoms with van der Waals surface area (Å²) in [6.45, 7) is 6.33. The van der Waals surface area contributed by atoms with Crippen LogP contribution in [0.2, 0.25) is 0 Å². The van der Waals surface area contributed by atoms with Crippen LogP contribution in [0.4, 0.5) is 0 Å². The Labute approximate surface area is 413 Å². The summed E-state index contributed by atoms with van der Waals surface area (Å²) in [4.78, 5) is 38.0. The molecular weight excluding hydrogens is 829 g/mol. The summed E-state index contributed by atoms with van der Waals surface area (Å²) in [6.07, 6.45) is 72.6. The second-order valence-corrected chi connectivity index (χ2v) is 18.1. The third-order valence-corrected chi connectivity index (χ3v) is 11.6. The van der Waals surface area contributed by atoms with Crippen molar-refractivity contribution in [3.63, 3.8) is 0 Å². The van der Waals surface area contributed by atoms with Crippen molar-refractivity contribution in [2.45, 2.75) is 258 Å². The van der Waals surface area contributed by atoms with Crippen LogP contribution < -0.4 is 0 Å². The summed E-state index contributed by atoms with van der Waals surface area (Å²) in [5, 5.41) is 0. The highest BCUT2D eigenvalue weighted by molar-refractivity contribution is 5.71. The molecule has 6 heteroatoms. The zero-order chi connectivity index (χ0) is 48.6. The van der Waals surface area contributed by atoms with Gasteiger partial charge in [-0.2, -0.15) is 0 Å². The van der Waals surface area contributed by atoms with Gasteiger partial charge in [-0.1, -0.05) is 227 Å². The van der Waals surface area contributed by atoms with E-state index in [1.54, 1.807) is 0 Å². The maximum absolute atomic E-state index is 12.8. The Morgan fingerprint density at radius 1 is 0.328 bits per heavy atom. The fourth-order valence-electron chi connectivity index (χ4n) is 7.47. The molecule has 0 aromatic rings. The fourth-order valence-corrected chi connectivity index (χ4v) is 7.47. The topological polar surface area (TPSA) is 78.9 Å². The summed E-state index contributed by atoms with van der Waals surface area (Å²) in [7, 11) is 0. The lowest BCUT2D eigenvalue weighted by atomic mass is 10.1. The van der Waals surface area contributed by atoms with Crippen molar-refractivity contribution in [3.05, 3.63) is 97.2 Å². The molecule has 0 aliphatic rings. The van der Waals surface area contributed by atoms with Gasteiger partial charge in [-0.25, -0.2) is 0 Å². The summed E-state index contributed by atoms with van der Waals surface area (Å²) in [5.74, 6) is -0.962. The first-order valence-electron chi connectivity index (χ1n) is 27.8. The summed E-state index contributed by atoms with van der Waals surface area (Å²) in [6, 6.07) is 0.